The van der Waals surface area contributed by atoms with Gasteiger partial charge in [-0.15, -0.1) is 6.42 Å². The number of rotatable bonds is 2. The number of ketones is 3. The summed E-state index contributed by atoms with van der Waals surface area (Å²) in [5, 5.41) is 11.6. The zero-order valence-corrected chi connectivity index (χ0v) is 31.4. The molecule has 0 bridgehead atoms. The standard InChI is InChI=1S/C23H29ClO4.C20H26O2/c1-13(25)23(28-14(2)26)10-7-18-16-12-20(24)19-11-15(27)5-8-21(19,3)17(16)6-9-22(18,23)4;1-3-20(22)11-9-18-17-6-4-13-12-14(21)5-7-15(13)16(17)8-10-19(18,20)2/h11-12,16-18H,5-10H2,1-4H3;1,12,15-18,22H,4-11H2,2H3/t16-,17+,18+,21-,22+,23?;15-,16+,17+,18-,19-,20-/m10/s1. The second kappa shape index (κ2) is 12.3. The van der Waals surface area contributed by atoms with Gasteiger partial charge < -0.3 is 9.84 Å². The van der Waals surface area contributed by atoms with Crippen molar-refractivity contribution in [2.24, 2.45) is 57.7 Å². The third-order valence-electron chi connectivity index (χ3n) is 16.3. The number of aliphatic hydroxyl groups is 1. The molecule has 8 aliphatic rings. The first-order valence-electron chi connectivity index (χ1n) is 19.3. The number of hydrogen-bond donors (Lipinski definition) is 1. The number of carbonyl (C=O) groups is 4. The molecule has 0 aromatic heterocycles. The Morgan fingerprint density at radius 1 is 0.820 bits per heavy atom. The molecule has 1 unspecified atom stereocenters. The minimum absolute atomic E-state index is 0.0490. The molecule has 50 heavy (non-hydrogen) atoms. The lowest BCUT2D eigenvalue weighted by Gasteiger charge is -2.57. The number of ether oxygens (including phenoxy) is 1. The number of esters is 1. The maximum absolute atomic E-state index is 12.7. The lowest BCUT2D eigenvalue weighted by molar-refractivity contribution is -0.185. The summed E-state index contributed by atoms with van der Waals surface area (Å²) in [7, 11) is 0. The third kappa shape index (κ3) is 5.06. The van der Waals surface area contributed by atoms with Gasteiger partial charge in [-0.2, -0.15) is 0 Å². The highest BCUT2D eigenvalue weighted by molar-refractivity contribution is 6.32. The smallest absolute Gasteiger partial charge is 0.303 e. The predicted octanol–water partition coefficient (Wildman–Crippen LogP) is 8.24. The van der Waals surface area contributed by atoms with Crippen LogP contribution >= 0.6 is 11.6 Å². The van der Waals surface area contributed by atoms with Crippen LogP contribution in [-0.4, -0.2) is 39.6 Å². The van der Waals surface area contributed by atoms with Gasteiger partial charge >= 0.3 is 5.97 Å². The number of halogens is 1. The summed E-state index contributed by atoms with van der Waals surface area (Å²) in [5.41, 5.74) is -0.113. The Morgan fingerprint density at radius 3 is 2.20 bits per heavy atom. The van der Waals surface area contributed by atoms with Crippen LogP contribution in [0.3, 0.4) is 0 Å². The Hall–Kier alpha value is -2.49. The highest BCUT2D eigenvalue weighted by Gasteiger charge is 2.68. The van der Waals surface area contributed by atoms with Gasteiger partial charge in [0.05, 0.1) is 0 Å². The third-order valence-corrected chi connectivity index (χ3v) is 16.6. The van der Waals surface area contributed by atoms with Crippen LogP contribution in [0.5, 0.6) is 0 Å². The molecule has 0 aromatic rings. The fourth-order valence-electron chi connectivity index (χ4n) is 13.6. The van der Waals surface area contributed by atoms with Crippen molar-refractivity contribution in [3.8, 4) is 12.3 Å². The Labute approximate surface area is 303 Å². The monoisotopic (exact) mass is 702 g/mol. The molecule has 6 nitrogen and oxygen atoms in total. The van der Waals surface area contributed by atoms with Gasteiger partial charge in [-0.05, 0) is 149 Å². The van der Waals surface area contributed by atoms with E-state index in [4.69, 9.17) is 22.8 Å². The second-order valence-electron chi connectivity index (χ2n) is 18.0. The normalized spacial score (nSPS) is 47.2. The van der Waals surface area contributed by atoms with Crippen molar-refractivity contribution in [2.75, 3.05) is 0 Å². The van der Waals surface area contributed by atoms with E-state index in [9.17, 15) is 24.3 Å². The van der Waals surface area contributed by atoms with Crippen LogP contribution in [0.1, 0.15) is 125 Å². The molecule has 7 heteroatoms. The van der Waals surface area contributed by atoms with Crippen LogP contribution in [0.15, 0.2) is 34.4 Å². The molecule has 0 spiro atoms. The first kappa shape index (κ1) is 35.9. The number of allylic oxidation sites excluding steroid dienone is 5. The minimum atomic E-state index is -1.03. The van der Waals surface area contributed by atoms with Crippen LogP contribution in [0, 0.1) is 70.0 Å². The molecule has 5 fully saturated rings. The van der Waals surface area contributed by atoms with Crippen molar-refractivity contribution in [2.45, 2.75) is 136 Å². The number of terminal acetylenes is 1. The number of Topliss-reactive ketones (excluding diaryl/α,β-unsaturated/α-hetero) is 1. The lowest BCUT2D eigenvalue weighted by Crippen LogP contribution is -2.58. The summed E-state index contributed by atoms with van der Waals surface area (Å²) >= 11 is 6.71. The van der Waals surface area contributed by atoms with E-state index < -0.39 is 11.2 Å². The van der Waals surface area contributed by atoms with Crippen molar-refractivity contribution in [3.63, 3.8) is 0 Å². The summed E-state index contributed by atoms with van der Waals surface area (Å²) in [6.07, 6.45) is 24.2. The molecular formula is C43H55ClO6. The molecule has 0 heterocycles. The maximum Gasteiger partial charge on any atom is 0.303 e. The summed E-state index contributed by atoms with van der Waals surface area (Å²) in [4.78, 5) is 48.4. The van der Waals surface area contributed by atoms with Gasteiger partial charge in [-0.1, -0.05) is 49.9 Å². The van der Waals surface area contributed by atoms with Gasteiger partial charge in [0.25, 0.3) is 0 Å². The van der Waals surface area contributed by atoms with E-state index >= 15 is 0 Å². The van der Waals surface area contributed by atoms with Gasteiger partial charge in [0, 0.05) is 35.6 Å². The van der Waals surface area contributed by atoms with E-state index in [1.807, 2.05) is 6.08 Å². The summed E-state index contributed by atoms with van der Waals surface area (Å²) in [6, 6.07) is 0. The second-order valence-corrected chi connectivity index (χ2v) is 18.4. The van der Waals surface area contributed by atoms with E-state index in [1.165, 1.54) is 18.9 Å². The van der Waals surface area contributed by atoms with Crippen molar-refractivity contribution in [3.05, 3.63) is 34.4 Å². The van der Waals surface area contributed by atoms with Gasteiger partial charge in [-0.25, -0.2) is 0 Å². The van der Waals surface area contributed by atoms with Crippen LogP contribution in [0.2, 0.25) is 0 Å². The first-order valence-corrected chi connectivity index (χ1v) is 19.7. The Balaban J connectivity index is 0.000000161. The van der Waals surface area contributed by atoms with E-state index in [0.717, 1.165) is 76.2 Å². The van der Waals surface area contributed by atoms with Gasteiger partial charge in [0.1, 0.15) is 5.60 Å². The molecule has 270 valence electrons. The number of fused-ring (bicyclic) bond motifs is 10. The number of hydrogen-bond acceptors (Lipinski definition) is 6. The summed E-state index contributed by atoms with van der Waals surface area (Å²) in [6.45, 7) is 9.56. The lowest BCUT2D eigenvalue weighted by atomic mass is 9.48. The van der Waals surface area contributed by atoms with Crippen molar-refractivity contribution in [1.29, 1.82) is 0 Å². The van der Waals surface area contributed by atoms with E-state index in [1.54, 1.807) is 13.0 Å². The maximum atomic E-state index is 12.7. The SMILES string of the molecule is C#C[C@]1(O)CC[C@H]2[C@@H]3CCC4=CC(=O)CC[C@@H]4[C@H]3CC[C@@]21C.CC(=O)OC1(C(C)=O)CC[C@H]2[C@@H]3C=C(Cl)C4=CC(=O)CC[C@]4(C)[C@H]3CC[C@@]21C. The van der Waals surface area contributed by atoms with Crippen molar-refractivity contribution >= 4 is 34.9 Å². The van der Waals surface area contributed by atoms with Crippen LogP contribution in [0.4, 0.5) is 0 Å². The highest BCUT2D eigenvalue weighted by Crippen LogP contribution is 2.68. The van der Waals surface area contributed by atoms with E-state index in [2.05, 4.69) is 32.8 Å². The van der Waals surface area contributed by atoms with E-state index in [0.29, 0.717) is 53.2 Å². The van der Waals surface area contributed by atoms with Crippen molar-refractivity contribution in [1.82, 2.24) is 0 Å². The molecule has 1 N–H and O–H groups in total. The molecule has 8 aliphatic carbocycles. The van der Waals surface area contributed by atoms with Crippen LogP contribution < -0.4 is 0 Å². The zero-order valence-electron chi connectivity index (χ0n) is 30.6. The average Bonchev–Trinajstić information content (AvgIpc) is 3.52. The fourth-order valence-corrected chi connectivity index (χ4v) is 14.0. The molecule has 8 rings (SSSR count). The quantitative estimate of drug-likeness (QED) is 0.230. The molecule has 0 saturated heterocycles. The van der Waals surface area contributed by atoms with Crippen molar-refractivity contribution < 1.29 is 29.0 Å². The summed E-state index contributed by atoms with van der Waals surface area (Å²) in [5.74, 6) is 6.24. The van der Waals surface area contributed by atoms with Gasteiger partial charge in [0.2, 0.25) is 0 Å². The Morgan fingerprint density at radius 2 is 1.50 bits per heavy atom. The highest BCUT2D eigenvalue weighted by atomic mass is 35.5. The fraction of sp³-hybridized carbons (Fsp3) is 0.721. The topological polar surface area (TPSA) is 97.7 Å². The van der Waals surface area contributed by atoms with Gasteiger partial charge in [-0.3, -0.25) is 19.2 Å². The molecule has 12 atom stereocenters. The first-order chi connectivity index (χ1) is 23.5. The number of carbonyl (C=O) groups excluding carboxylic acids is 4. The minimum Gasteiger partial charge on any atom is -0.451 e. The molecular weight excluding hydrogens is 648 g/mol. The molecule has 0 aliphatic heterocycles. The average molecular weight is 703 g/mol. The zero-order chi connectivity index (χ0) is 36.0. The molecule has 0 radical (unpaired) electrons. The predicted molar refractivity (Wildman–Crippen MR) is 192 cm³/mol. The largest absolute Gasteiger partial charge is 0.451 e. The van der Waals surface area contributed by atoms with Crippen LogP contribution in [-0.2, 0) is 23.9 Å². The van der Waals surface area contributed by atoms with E-state index in [-0.39, 0.29) is 45.6 Å². The Bertz CT molecular complexity index is 1650. The Kier molecular flexibility index (Phi) is 8.83. The molecule has 5 saturated carbocycles. The molecule has 0 aromatic carbocycles. The summed E-state index contributed by atoms with van der Waals surface area (Å²) < 4.78 is 5.79. The van der Waals surface area contributed by atoms with Crippen LogP contribution in [0.25, 0.3) is 0 Å². The van der Waals surface area contributed by atoms with Gasteiger partial charge in [0.15, 0.2) is 23.0 Å². The molecule has 0 amide bonds.